The third-order valence-electron chi connectivity index (χ3n) is 2.09. The number of aryl methyl sites for hydroxylation is 1. The summed E-state index contributed by atoms with van der Waals surface area (Å²) in [6.45, 7) is 1.85. The Kier molecular flexibility index (Phi) is 1.97. The molecule has 0 aliphatic heterocycles. The maximum Gasteiger partial charge on any atom is 0.290 e. The predicted molar refractivity (Wildman–Crippen MR) is 56.0 cm³/mol. The molecule has 1 aromatic carbocycles. The van der Waals surface area contributed by atoms with Crippen molar-refractivity contribution < 1.29 is 5.11 Å². The largest absolute Gasteiger partial charge is 0.503 e. The molecule has 0 aliphatic carbocycles. The molecule has 14 heavy (non-hydrogen) atoms. The van der Waals surface area contributed by atoms with E-state index < -0.39 is 5.56 Å². The molecule has 0 unspecified atom stereocenters. The normalized spacial score (nSPS) is 10.7. The predicted octanol–water partition coefficient (Wildman–Crippen LogP) is 2.20. The van der Waals surface area contributed by atoms with E-state index in [9.17, 15) is 9.90 Å². The summed E-state index contributed by atoms with van der Waals surface area (Å²) in [6, 6.07) is 4.86. The summed E-state index contributed by atoms with van der Waals surface area (Å²) in [5.74, 6) is -0.292. The molecule has 3 nitrogen and oxygen atoms in total. The van der Waals surface area contributed by atoms with Crippen molar-refractivity contribution in [2.75, 3.05) is 0 Å². The molecule has 0 atom stereocenters. The zero-order valence-corrected chi connectivity index (χ0v) is 8.22. The van der Waals surface area contributed by atoms with Crippen molar-refractivity contribution in [2.24, 2.45) is 0 Å². The minimum atomic E-state index is -0.483. The SMILES string of the molecule is Cc1cc(Cl)cc2cc(O)c(=O)[nH]c12. The van der Waals surface area contributed by atoms with Gasteiger partial charge in [0.05, 0.1) is 5.52 Å². The van der Waals surface area contributed by atoms with Crippen LogP contribution in [0.1, 0.15) is 5.56 Å². The fourth-order valence-corrected chi connectivity index (χ4v) is 1.73. The first-order valence-electron chi connectivity index (χ1n) is 4.10. The van der Waals surface area contributed by atoms with Gasteiger partial charge in [0, 0.05) is 10.4 Å². The van der Waals surface area contributed by atoms with Gasteiger partial charge in [0.25, 0.3) is 5.56 Å². The first-order chi connectivity index (χ1) is 6.58. The van der Waals surface area contributed by atoms with E-state index in [2.05, 4.69) is 4.98 Å². The van der Waals surface area contributed by atoms with Gasteiger partial charge in [-0.15, -0.1) is 0 Å². The topological polar surface area (TPSA) is 53.1 Å². The van der Waals surface area contributed by atoms with Crippen molar-refractivity contribution in [3.8, 4) is 5.75 Å². The van der Waals surface area contributed by atoms with Crippen LogP contribution in [0.4, 0.5) is 0 Å². The van der Waals surface area contributed by atoms with Gasteiger partial charge in [-0.25, -0.2) is 0 Å². The molecule has 4 heteroatoms. The lowest BCUT2D eigenvalue weighted by Crippen LogP contribution is -2.05. The number of aromatic nitrogens is 1. The Balaban J connectivity index is 2.96. The average molecular weight is 210 g/mol. The molecule has 0 aliphatic rings. The van der Waals surface area contributed by atoms with E-state index in [0.29, 0.717) is 10.5 Å². The third kappa shape index (κ3) is 1.36. The summed E-state index contributed by atoms with van der Waals surface area (Å²) >= 11 is 5.84. The van der Waals surface area contributed by atoms with Crippen molar-refractivity contribution in [1.82, 2.24) is 4.98 Å². The van der Waals surface area contributed by atoms with Crippen LogP contribution in [0.5, 0.6) is 5.75 Å². The summed E-state index contributed by atoms with van der Waals surface area (Å²) in [7, 11) is 0. The number of nitrogens with one attached hydrogen (secondary N) is 1. The molecular formula is C10H8ClNO2. The smallest absolute Gasteiger partial charge is 0.290 e. The van der Waals surface area contributed by atoms with Crippen LogP contribution in [0.2, 0.25) is 5.02 Å². The van der Waals surface area contributed by atoms with E-state index >= 15 is 0 Å². The molecule has 0 saturated heterocycles. The molecule has 0 spiro atoms. The molecule has 0 amide bonds. The fourth-order valence-electron chi connectivity index (χ4n) is 1.44. The monoisotopic (exact) mass is 209 g/mol. The van der Waals surface area contributed by atoms with Crippen LogP contribution in [-0.2, 0) is 0 Å². The zero-order chi connectivity index (χ0) is 10.3. The van der Waals surface area contributed by atoms with Crippen molar-refractivity contribution in [2.45, 2.75) is 6.92 Å². The lowest BCUT2D eigenvalue weighted by molar-refractivity contribution is 0.468. The second-order valence-electron chi connectivity index (χ2n) is 3.17. The standard InChI is InChI=1S/C10H8ClNO2/c1-5-2-7(11)3-6-4-8(13)10(14)12-9(5)6/h2-4,13H,1H3,(H,12,14). The van der Waals surface area contributed by atoms with E-state index in [1.807, 2.05) is 6.92 Å². The van der Waals surface area contributed by atoms with Crippen LogP contribution in [0, 0.1) is 6.92 Å². The van der Waals surface area contributed by atoms with Gasteiger partial charge < -0.3 is 10.1 Å². The number of benzene rings is 1. The third-order valence-corrected chi connectivity index (χ3v) is 2.31. The molecular weight excluding hydrogens is 202 g/mol. The first-order valence-corrected chi connectivity index (χ1v) is 4.48. The molecule has 0 fully saturated rings. The van der Waals surface area contributed by atoms with E-state index in [1.54, 1.807) is 12.1 Å². The summed E-state index contributed by atoms with van der Waals surface area (Å²) in [5, 5.41) is 10.5. The lowest BCUT2D eigenvalue weighted by Gasteiger charge is -2.03. The Morgan fingerprint density at radius 1 is 1.36 bits per heavy atom. The van der Waals surface area contributed by atoms with E-state index in [-0.39, 0.29) is 5.75 Å². The Hall–Kier alpha value is -1.48. The lowest BCUT2D eigenvalue weighted by atomic mass is 10.1. The summed E-state index contributed by atoms with van der Waals surface area (Å²) in [6.07, 6.45) is 0. The second-order valence-corrected chi connectivity index (χ2v) is 3.61. The van der Waals surface area contributed by atoms with Gasteiger partial charge in [0.1, 0.15) is 0 Å². The maximum atomic E-state index is 11.1. The van der Waals surface area contributed by atoms with Gasteiger partial charge in [0.2, 0.25) is 0 Å². The minimum absolute atomic E-state index is 0.292. The second kappa shape index (κ2) is 3.03. The molecule has 0 saturated carbocycles. The molecule has 2 rings (SSSR count). The fraction of sp³-hybridized carbons (Fsp3) is 0.100. The van der Waals surface area contributed by atoms with Gasteiger partial charge in [-0.1, -0.05) is 11.6 Å². The van der Waals surface area contributed by atoms with Gasteiger partial charge in [-0.2, -0.15) is 0 Å². The van der Waals surface area contributed by atoms with Crippen molar-refractivity contribution in [3.05, 3.63) is 39.1 Å². The number of pyridine rings is 1. The van der Waals surface area contributed by atoms with Crippen LogP contribution >= 0.6 is 11.6 Å². The van der Waals surface area contributed by atoms with Crippen molar-refractivity contribution in [1.29, 1.82) is 0 Å². The Morgan fingerprint density at radius 3 is 2.79 bits per heavy atom. The average Bonchev–Trinajstić information content (AvgIpc) is 2.08. The molecule has 1 heterocycles. The molecule has 72 valence electrons. The summed E-state index contributed by atoms with van der Waals surface area (Å²) in [4.78, 5) is 13.7. The molecule has 0 bridgehead atoms. The number of halogens is 1. The van der Waals surface area contributed by atoms with Crippen LogP contribution in [0.25, 0.3) is 10.9 Å². The van der Waals surface area contributed by atoms with E-state index in [4.69, 9.17) is 11.6 Å². The van der Waals surface area contributed by atoms with Crippen LogP contribution < -0.4 is 5.56 Å². The molecule has 0 radical (unpaired) electrons. The first kappa shape index (κ1) is 9.09. The quantitative estimate of drug-likeness (QED) is 0.699. The summed E-state index contributed by atoms with van der Waals surface area (Å²) < 4.78 is 0. The number of fused-ring (bicyclic) bond motifs is 1. The Labute approximate surface area is 85.0 Å². The maximum absolute atomic E-state index is 11.1. The highest BCUT2D eigenvalue weighted by atomic mass is 35.5. The van der Waals surface area contributed by atoms with Gasteiger partial charge in [-0.3, -0.25) is 4.79 Å². The minimum Gasteiger partial charge on any atom is -0.503 e. The van der Waals surface area contributed by atoms with Crippen LogP contribution in [0.3, 0.4) is 0 Å². The molecule has 2 aromatic rings. The van der Waals surface area contributed by atoms with E-state index in [0.717, 1.165) is 10.9 Å². The molecule has 2 N–H and O–H groups in total. The van der Waals surface area contributed by atoms with Crippen molar-refractivity contribution in [3.63, 3.8) is 0 Å². The van der Waals surface area contributed by atoms with E-state index in [1.165, 1.54) is 6.07 Å². The number of rotatable bonds is 0. The summed E-state index contributed by atoms with van der Waals surface area (Å²) in [5.41, 5.74) is 1.10. The van der Waals surface area contributed by atoms with Crippen molar-refractivity contribution >= 4 is 22.5 Å². The highest BCUT2D eigenvalue weighted by Crippen LogP contribution is 2.22. The number of hydrogen-bond donors (Lipinski definition) is 2. The Bertz CT molecular complexity index is 560. The molecule has 1 aromatic heterocycles. The Morgan fingerprint density at radius 2 is 2.07 bits per heavy atom. The number of H-pyrrole nitrogens is 1. The van der Waals surface area contributed by atoms with Gasteiger partial charge in [-0.05, 0) is 30.7 Å². The van der Waals surface area contributed by atoms with Gasteiger partial charge >= 0.3 is 0 Å². The van der Waals surface area contributed by atoms with Gasteiger partial charge in [0.15, 0.2) is 5.75 Å². The highest BCUT2D eigenvalue weighted by Gasteiger charge is 2.04. The number of aromatic hydroxyl groups is 1. The van der Waals surface area contributed by atoms with Crippen LogP contribution in [0.15, 0.2) is 23.0 Å². The number of aromatic amines is 1. The highest BCUT2D eigenvalue weighted by molar-refractivity contribution is 6.31. The zero-order valence-electron chi connectivity index (χ0n) is 7.47. The number of hydrogen-bond acceptors (Lipinski definition) is 2. The van der Waals surface area contributed by atoms with Crippen LogP contribution in [-0.4, -0.2) is 10.1 Å².